The summed E-state index contributed by atoms with van der Waals surface area (Å²) in [6.07, 6.45) is 0. The van der Waals surface area contributed by atoms with Crippen molar-refractivity contribution in [1.29, 1.82) is 0 Å². The Labute approximate surface area is 41.1 Å². The van der Waals surface area contributed by atoms with Gasteiger partial charge in [0.25, 0.3) is 0 Å². The second-order valence-electron chi connectivity index (χ2n) is 0. The molecule has 0 aliphatic rings. The van der Waals surface area contributed by atoms with E-state index in [1.165, 1.54) is 0 Å². The summed E-state index contributed by atoms with van der Waals surface area (Å²) in [5.41, 5.74) is 0. The van der Waals surface area contributed by atoms with Crippen molar-refractivity contribution in [1.82, 2.24) is 0 Å². The third-order valence-corrected chi connectivity index (χ3v) is 0. The van der Waals surface area contributed by atoms with Crippen molar-refractivity contribution < 1.29 is 40.4 Å². The van der Waals surface area contributed by atoms with Crippen molar-refractivity contribution in [3.63, 3.8) is 0 Å². The molecule has 1 N–H and O–H groups in total. The molecule has 0 spiro atoms. The third kappa shape index (κ3) is 15.3. The van der Waals surface area contributed by atoms with E-state index in [1.54, 1.807) is 0 Å². The second-order valence-corrected chi connectivity index (χ2v) is 0. The van der Waals surface area contributed by atoms with Gasteiger partial charge in [0.1, 0.15) is 0 Å². The van der Waals surface area contributed by atoms with Crippen LogP contribution < -0.4 is 0 Å². The van der Waals surface area contributed by atoms with Gasteiger partial charge in [0, 0.05) is 0 Å². The van der Waals surface area contributed by atoms with E-state index in [4.69, 9.17) is 0 Å². The first kappa shape index (κ1) is 124. The molecule has 0 aliphatic carbocycles. The Balaban J connectivity index is 0. The molecule has 0 atom stereocenters. The third-order valence-electron chi connectivity index (χ3n) is 0. The number of halogens is 1. The van der Waals surface area contributed by atoms with Gasteiger partial charge in [-0.05, 0) is 0 Å². The fourth-order valence-electron chi connectivity index (χ4n) is 0. The van der Waals surface area contributed by atoms with Gasteiger partial charge in [0.2, 0.25) is 0 Å². The predicted molar refractivity (Wildman–Crippen MR) is 5.41 cm³/mol. The van der Waals surface area contributed by atoms with Crippen molar-refractivity contribution in [2.45, 2.75) is 0 Å². The maximum atomic E-state index is 0. The van der Waals surface area contributed by atoms with E-state index in [0.29, 0.717) is 0 Å². The van der Waals surface area contributed by atoms with Crippen molar-refractivity contribution in [2.75, 3.05) is 0 Å². The van der Waals surface area contributed by atoms with Gasteiger partial charge >= 0.3 is 17.1 Å². The molecule has 0 amide bonds. The van der Waals surface area contributed by atoms with E-state index in [9.17, 15) is 0 Å². The van der Waals surface area contributed by atoms with E-state index in [1.807, 2.05) is 0 Å². The molecule has 0 fully saturated rings. The molecule has 0 bridgehead atoms. The zero-order valence-electron chi connectivity index (χ0n) is 1.68. The van der Waals surface area contributed by atoms with E-state index in [0.717, 1.165) is 0 Å². The van der Waals surface area contributed by atoms with Gasteiger partial charge in [0.15, 0.2) is 0 Å². The van der Waals surface area contributed by atoms with E-state index in [-0.39, 0.29) is 40.4 Å². The van der Waals surface area contributed by atoms with Crippen LogP contribution in [0, 0.1) is 12.4 Å². The summed E-state index contributed by atoms with van der Waals surface area (Å²) in [6, 6.07) is 0. The van der Waals surface area contributed by atoms with Crippen LogP contribution in [-0.2, 0) is 22.5 Å². The molecule has 1 radical (unpaired) electrons. The molecule has 0 aromatic heterocycles. The smallest absolute Gasteiger partial charge is 2.00 e. The summed E-state index contributed by atoms with van der Waals surface area (Å²) in [6.45, 7) is 0. The minimum Gasteiger partial charge on any atom is -2.00 e. The molecule has 29 valence electrons. The number of hydrogen-bond acceptors (Lipinski definition) is 1. The van der Waals surface area contributed by atoms with Crippen molar-refractivity contribution in [3.05, 3.63) is 0 Å². The van der Waals surface area contributed by atoms with Gasteiger partial charge in [-0.15, -0.1) is 0 Å². The van der Waals surface area contributed by atoms with Crippen molar-refractivity contribution >= 4 is 0 Å². The van der Waals surface area contributed by atoms with Gasteiger partial charge < -0.3 is 11.0 Å². The molecule has 0 rings (SSSR count). The number of rotatable bonds is 0. The van der Waals surface area contributed by atoms with E-state index >= 15 is 0 Å². The van der Waals surface area contributed by atoms with Crippen LogP contribution in [0.5, 0.6) is 0 Å². The SMILES string of the molecule is [ClH2+].[Mn+2].[O-2].[OH-]. The molecule has 0 saturated carbocycles. The maximum absolute atomic E-state index is 0. The van der Waals surface area contributed by atoms with Gasteiger partial charge in [-0.25, -0.2) is 0 Å². The Morgan fingerprint density at radius 3 is 1.00 bits per heavy atom. The fraction of sp³-hybridized carbons (Fsp3) is 0. The topological polar surface area (TPSA) is 58.5 Å². The van der Waals surface area contributed by atoms with Crippen LogP contribution >= 0.6 is 0 Å². The van der Waals surface area contributed by atoms with Crippen LogP contribution in [0.4, 0.5) is 0 Å². The zero-order chi connectivity index (χ0) is 0. The summed E-state index contributed by atoms with van der Waals surface area (Å²) in [7, 11) is 0. The molecule has 0 saturated heterocycles. The Morgan fingerprint density at radius 1 is 1.00 bits per heavy atom. The Morgan fingerprint density at radius 2 is 1.00 bits per heavy atom. The summed E-state index contributed by atoms with van der Waals surface area (Å²) in [4.78, 5) is 0. The van der Waals surface area contributed by atoms with E-state index in [2.05, 4.69) is 0 Å². The van der Waals surface area contributed by atoms with Crippen LogP contribution in [0.15, 0.2) is 0 Å². The zero-order valence-corrected chi connectivity index (χ0v) is 3.76. The number of hydrogen-bond donors (Lipinski definition) is 0. The largest absolute Gasteiger partial charge is 2.00 e. The van der Waals surface area contributed by atoms with Crippen molar-refractivity contribution in [3.8, 4) is 0 Å². The fourth-order valence-corrected chi connectivity index (χ4v) is 0. The Kier molecular flexibility index (Phi) is 1610. The molecular formula is H3ClMnO2. The van der Waals surface area contributed by atoms with Gasteiger partial charge in [-0.1, -0.05) is 0 Å². The second kappa shape index (κ2) is 52.2. The first-order valence-electron chi connectivity index (χ1n) is 0. The van der Waals surface area contributed by atoms with Gasteiger partial charge in [-0.2, -0.15) is 0 Å². The van der Waals surface area contributed by atoms with Crippen LogP contribution in [0.2, 0.25) is 0 Å². The standard InChI is InChI=1S/ClH2.Mn.H2O.O/h1H2;;1H2;/q+1;+2;;-2/p-1. The first-order valence-corrected chi connectivity index (χ1v) is 0. The molecule has 4 heavy (non-hydrogen) atoms. The molecule has 0 aromatic rings. The van der Waals surface area contributed by atoms with Gasteiger partial charge in [-0.3, -0.25) is 0 Å². The molecule has 0 unspecified atom stereocenters. The average Bonchev–Trinajstić information content (AvgIpc) is 0. The van der Waals surface area contributed by atoms with Crippen LogP contribution in [0.3, 0.4) is 0 Å². The summed E-state index contributed by atoms with van der Waals surface area (Å²) in [5, 5.41) is 0. The molecule has 0 aromatic carbocycles. The molecule has 0 heterocycles. The van der Waals surface area contributed by atoms with Crippen LogP contribution in [0.1, 0.15) is 0 Å². The predicted octanol–water partition coefficient (Wildman–Crippen LogP) is -0.833. The quantitative estimate of drug-likeness (QED) is 0.390. The van der Waals surface area contributed by atoms with Gasteiger partial charge in [0.05, 0.1) is 12.4 Å². The summed E-state index contributed by atoms with van der Waals surface area (Å²) in [5.74, 6) is 0. The normalized spacial score (nSPS) is 0. The van der Waals surface area contributed by atoms with Crippen LogP contribution in [0.25, 0.3) is 0 Å². The van der Waals surface area contributed by atoms with E-state index < -0.39 is 0 Å². The Bertz CT molecular complexity index is 6.00. The minimum atomic E-state index is 0. The summed E-state index contributed by atoms with van der Waals surface area (Å²) < 4.78 is 0. The monoisotopic (exact) mass is 125 g/mol. The molecule has 4 heteroatoms. The van der Waals surface area contributed by atoms with Crippen molar-refractivity contribution in [2.24, 2.45) is 0 Å². The average molecular weight is 125 g/mol. The van der Waals surface area contributed by atoms with Crippen LogP contribution in [-0.4, -0.2) is 5.48 Å². The maximum Gasteiger partial charge on any atom is 2.00 e. The molecule has 2 nitrogen and oxygen atoms in total. The molecular weight excluding hydrogens is 122 g/mol. The minimum absolute atomic E-state index is 0. The molecule has 0 aliphatic heterocycles. The first-order chi connectivity index (χ1) is 0. The summed E-state index contributed by atoms with van der Waals surface area (Å²) >= 11 is 0. The Hall–Kier alpha value is 0.729.